The van der Waals surface area contributed by atoms with Crippen molar-refractivity contribution in [2.75, 3.05) is 19.7 Å². The lowest BCUT2D eigenvalue weighted by atomic mass is 9.70. The Morgan fingerprint density at radius 1 is 1.14 bits per heavy atom. The van der Waals surface area contributed by atoms with Gasteiger partial charge in [-0.05, 0) is 51.4 Å². The fourth-order valence-corrected chi connectivity index (χ4v) is 7.80. The number of carbonyl (C=O) groups is 3. The standard InChI is InChI=1S/C27H46BrN3O5/c1-7-12-29-22(33)18-19-24(35)31(13-10-8-9-11-14-32)21(27(19)15-17(28)20(18)36-27)23(34)30-26(5,6)16-25(2,3)4/h17-21,32H,7-16H2,1-6H3,(H,29,33)(H,30,34)/t17?,18-,19-,20-,21?,27?/m0/s1. The Labute approximate surface area is 224 Å². The van der Waals surface area contributed by atoms with Crippen LogP contribution in [0, 0.1) is 17.3 Å². The zero-order valence-corrected chi connectivity index (χ0v) is 24.4. The zero-order chi connectivity index (χ0) is 26.9. The van der Waals surface area contributed by atoms with Gasteiger partial charge in [0.1, 0.15) is 11.6 Å². The summed E-state index contributed by atoms with van der Waals surface area (Å²) in [5, 5.41) is 15.3. The van der Waals surface area contributed by atoms with Crippen LogP contribution >= 0.6 is 15.9 Å². The first kappa shape index (κ1) is 29.4. The molecule has 9 heteroatoms. The first-order chi connectivity index (χ1) is 16.8. The number of aliphatic hydroxyl groups excluding tert-OH is 1. The largest absolute Gasteiger partial charge is 0.396 e. The molecule has 3 heterocycles. The minimum atomic E-state index is -1.02. The van der Waals surface area contributed by atoms with Gasteiger partial charge in [0.15, 0.2) is 0 Å². The number of unbranched alkanes of at least 4 members (excludes halogenated alkanes) is 3. The number of ether oxygens (including phenoxy) is 1. The molecule has 2 bridgehead atoms. The number of hydrogen-bond acceptors (Lipinski definition) is 5. The van der Waals surface area contributed by atoms with Crippen molar-refractivity contribution in [2.24, 2.45) is 17.3 Å². The summed E-state index contributed by atoms with van der Waals surface area (Å²) in [6.07, 6.45) is 4.85. The second kappa shape index (κ2) is 11.3. The monoisotopic (exact) mass is 571 g/mol. The maximum Gasteiger partial charge on any atom is 0.246 e. The molecule has 0 aromatic heterocycles. The SMILES string of the molecule is CCCNC(=O)[C@H]1[C@H]2C(=O)N(CCCCCCO)C(C(=O)NC(C)(C)CC(C)(C)C)C23CC(Br)[C@@H]1O3. The lowest BCUT2D eigenvalue weighted by molar-refractivity contribution is -0.143. The van der Waals surface area contributed by atoms with Gasteiger partial charge in [0.25, 0.3) is 0 Å². The van der Waals surface area contributed by atoms with Crippen molar-refractivity contribution in [1.29, 1.82) is 0 Å². The highest BCUT2D eigenvalue weighted by Gasteiger charge is 2.76. The van der Waals surface area contributed by atoms with Crippen LogP contribution in [0.3, 0.4) is 0 Å². The van der Waals surface area contributed by atoms with Gasteiger partial charge in [0.05, 0.1) is 17.9 Å². The third kappa shape index (κ3) is 5.93. The summed E-state index contributed by atoms with van der Waals surface area (Å²) >= 11 is 3.71. The zero-order valence-electron chi connectivity index (χ0n) is 22.9. The van der Waals surface area contributed by atoms with Gasteiger partial charge < -0.3 is 25.4 Å². The number of amides is 3. The molecule has 206 valence electrons. The number of likely N-dealkylation sites (tertiary alicyclic amines) is 1. The lowest BCUT2D eigenvalue weighted by Crippen LogP contribution is -2.59. The topological polar surface area (TPSA) is 108 Å². The third-order valence-electron chi connectivity index (χ3n) is 7.63. The van der Waals surface area contributed by atoms with E-state index in [1.54, 1.807) is 4.90 Å². The number of fused-ring (bicyclic) bond motifs is 1. The van der Waals surface area contributed by atoms with Gasteiger partial charge in [-0.1, -0.05) is 56.5 Å². The molecule has 3 N–H and O–H groups in total. The second-order valence-corrected chi connectivity index (χ2v) is 13.9. The number of nitrogens with zero attached hydrogens (tertiary/aromatic N) is 1. The Kier molecular flexibility index (Phi) is 9.20. The van der Waals surface area contributed by atoms with Crippen molar-refractivity contribution in [2.45, 2.75) is 115 Å². The number of carbonyl (C=O) groups excluding carboxylic acids is 3. The first-order valence-electron chi connectivity index (χ1n) is 13.6. The van der Waals surface area contributed by atoms with Crippen LogP contribution in [0.15, 0.2) is 0 Å². The Hall–Kier alpha value is -1.19. The van der Waals surface area contributed by atoms with Crippen LogP contribution in [0.2, 0.25) is 0 Å². The summed E-state index contributed by atoms with van der Waals surface area (Å²) in [5.74, 6) is -1.79. The quantitative estimate of drug-likeness (QED) is 0.246. The fourth-order valence-electron chi connectivity index (χ4n) is 6.86. The molecule has 0 saturated carbocycles. The lowest BCUT2D eigenvalue weighted by Gasteiger charge is -2.38. The van der Waals surface area contributed by atoms with E-state index in [0.717, 1.165) is 38.5 Å². The number of alkyl halides is 1. The number of hydrogen-bond donors (Lipinski definition) is 3. The van der Waals surface area contributed by atoms with Gasteiger partial charge in [-0.25, -0.2) is 0 Å². The molecule has 3 fully saturated rings. The van der Waals surface area contributed by atoms with Gasteiger partial charge in [-0.2, -0.15) is 0 Å². The summed E-state index contributed by atoms with van der Waals surface area (Å²) in [4.78, 5) is 42.7. The Bertz CT molecular complexity index is 829. The molecule has 36 heavy (non-hydrogen) atoms. The highest BCUT2D eigenvalue weighted by atomic mass is 79.9. The molecule has 0 aliphatic carbocycles. The highest BCUT2D eigenvalue weighted by Crippen LogP contribution is 2.60. The molecule has 3 aliphatic rings. The van der Waals surface area contributed by atoms with Crippen LogP contribution in [0.4, 0.5) is 0 Å². The third-order valence-corrected chi connectivity index (χ3v) is 8.48. The second-order valence-electron chi connectivity index (χ2n) is 12.7. The maximum absolute atomic E-state index is 14.0. The van der Waals surface area contributed by atoms with Gasteiger partial charge in [0.2, 0.25) is 17.7 Å². The van der Waals surface area contributed by atoms with Gasteiger partial charge in [0, 0.05) is 30.1 Å². The van der Waals surface area contributed by atoms with Crippen molar-refractivity contribution >= 4 is 33.7 Å². The first-order valence-corrected chi connectivity index (χ1v) is 14.5. The molecule has 1 spiro atoms. The molecular weight excluding hydrogens is 526 g/mol. The number of aliphatic hydroxyl groups is 1. The molecule has 3 amide bonds. The average Bonchev–Trinajstić information content (AvgIpc) is 3.33. The molecule has 0 aromatic rings. The molecule has 3 rings (SSSR count). The minimum Gasteiger partial charge on any atom is -0.396 e. The summed E-state index contributed by atoms with van der Waals surface area (Å²) in [7, 11) is 0. The molecule has 3 aliphatic heterocycles. The number of nitrogens with one attached hydrogen (secondary N) is 2. The smallest absolute Gasteiger partial charge is 0.246 e. The van der Waals surface area contributed by atoms with Crippen molar-refractivity contribution in [1.82, 2.24) is 15.5 Å². The van der Waals surface area contributed by atoms with Crippen LogP contribution in [-0.2, 0) is 19.1 Å². The van der Waals surface area contributed by atoms with Gasteiger partial charge in [-0.3, -0.25) is 14.4 Å². The Morgan fingerprint density at radius 2 is 1.81 bits per heavy atom. The molecule has 3 saturated heterocycles. The van der Waals surface area contributed by atoms with E-state index in [1.807, 2.05) is 20.8 Å². The predicted octanol–water partition coefficient (Wildman–Crippen LogP) is 3.14. The van der Waals surface area contributed by atoms with Crippen LogP contribution in [0.5, 0.6) is 0 Å². The predicted molar refractivity (Wildman–Crippen MR) is 143 cm³/mol. The minimum absolute atomic E-state index is 0.0151. The van der Waals surface area contributed by atoms with E-state index in [0.29, 0.717) is 19.5 Å². The average molecular weight is 573 g/mol. The van der Waals surface area contributed by atoms with Crippen molar-refractivity contribution in [3.63, 3.8) is 0 Å². The number of rotatable bonds is 12. The van der Waals surface area contributed by atoms with Gasteiger partial charge in [-0.15, -0.1) is 0 Å². The van der Waals surface area contributed by atoms with Crippen molar-refractivity contribution in [3.05, 3.63) is 0 Å². The molecule has 3 unspecified atom stereocenters. The highest BCUT2D eigenvalue weighted by molar-refractivity contribution is 9.09. The van der Waals surface area contributed by atoms with E-state index < -0.39 is 35.1 Å². The van der Waals surface area contributed by atoms with Crippen LogP contribution < -0.4 is 10.6 Å². The van der Waals surface area contributed by atoms with Crippen LogP contribution in [0.25, 0.3) is 0 Å². The van der Waals surface area contributed by atoms with Crippen LogP contribution in [0.1, 0.15) is 86.5 Å². The molecule has 8 nitrogen and oxygen atoms in total. The van der Waals surface area contributed by atoms with E-state index in [2.05, 4.69) is 47.3 Å². The molecule has 6 atom stereocenters. The normalized spacial score (nSPS) is 31.6. The molecule has 0 radical (unpaired) electrons. The summed E-state index contributed by atoms with van der Waals surface area (Å²) in [6, 6.07) is -0.777. The van der Waals surface area contributed by atoms with Crippen LogP contribution in [-0.4, -0.2) is 75.5 Å². The molecular formula is C27H46BrN3O5. The van der Waals surface area contributed by atoms with E-state index in [4.69, 9.17) is 9.84 Å². The summed E-state index contributed by atoms with van der Waals surface area (Å²) < 4.78 is 6.54. The van der Waals surface area contributed by atoms with Crippen molar-refractivity contribution in [3.8, 4) is 0 Å². The van der Waals surface area contributed by atoms with Crippen molar-refractivity contribution < 1.29 is 24.2 Å². The Balaban J connectivity index is 1.91. The summed E-state index contributed by atoms with van der Waals surface area (Å²) in [5.41, 5.74) is -1.47. The number of halogens is 1. The van der Waals surface area contributed by atoms with E-state index >= 15 is 0 Å². The van der Waals surface area contributed by atoms with E-state index in [9.17, 15) is 14.4 Å². The fraction of sp³-hybridized carbons (Fsp3) is 0.889. The van der Waals surface area contributed by atoms with E-state index in [-0.39, 0.29) is 34.6 Å². The van der Waals surface area contributed by atoms with Gasteiger partial charge >= 0.3 is 0 Å². The maximum atomic E-state index is 14.0. The molecule has 0 aromatic carbocycles. The van der Waals surface area contributed by atoms with E-state index in [1.165, 1.54) is 0 Å². The Morgan fingerprint density at radius 3 is 2.42 bits per heavy atom. The summed E-state index contributed by atoms with van der Waals surface area (Å²) in [6.45, 7) is 13.6.